The number of fused-ring (bicyclic) bond motifs is 1. The fourth-order valence-electron chi connectivity index (χ4n) is 4.58. The molecule has 2 heterocycles. The van der Waals surface area contributed by atoms with Crippen LogP contribution in [0.3, 0.4) is 0 Å². The number of esters is 1. The minimum Gasteiger partial charge on any atom is -0.508 e. The topological polar surface area (TPSA) is 217 Å². The van der Waals surface area contributed by atoms with Gasteiger partial charge in [0.1, 0.15) is 65.0 Å². The number of allylic oxidation sites excluding steroid dienone is 1. The summed E-state index contributed by atoms with van der Waals surface area (Å²) < 4.78 is 22.3. The molecular formula is C31H28O13. The van der Waals surface area contributed by atoms with Crippen molar-refractivity contribution in [3.8, 4) is 40.1 Å². The van der Waals surface area contributed by atoms with Gasteiger partial charge in [0, 0.05) is 23.8 Å². The maximum absolute atomic E-state index is 13.5. The van der Waals surface area contributed by atoms with Crippen LogP contribution >= 0.6 is 0 Å². The highest BCUT2D eigenvalue weighted by atomic mass is 16.7. The van der Waals surface area contributed by atoms with Crippen molar-refractivity contribution in [1.29, 1.82) is 0 Å². The molecule has 0 spiro atoms. The molecule has 13 heteroatoms. The molecule has 0 aliphatic carbocycles. The molecule has 230 valence electrons. The predicted molar refractivity (Wildman–Crippen MR) is 152 cm³/mol. The molecule has 7 N–H and O–H groups in total. The van der Waals surface area contributed by atoms with E-state index in [0.717, 1.165) is 23.8 Å². The second-order valence-electron chi connectivity index (χ2n) is 10.0. The molecule has 0 saturated carbocycles. The highest BCUT2D eigenvalue weighted by Gasteiger charge is 2.46. The van der Waals surface area contributed by atoms with E-state index in [0.29, 0.717) is 6.42 Å². The number of phenols is 4. The van der Waals surface area contributed by atoms with Crippen molar-refractivity contribution in [1.82, 2.24) is 0 Å². The summed E-state index contributed by atoms with van der Waals surface area (Å²) in [4.78, 5) is 25.8. The number of carbonyl (C=O) groups excluding carboxylic acids is 1. The minimum atomic E-state index is -1.89. The summed E-state index contributed by atoms with van der Waals surface area (Å²) in [5, 5.41) is 70.6. The number of hydrogen-bond acceptors (Lipinski definition) is 13. The second-order valence-corrected chi connectivity index (χ2v) is 10.0. The molecule has 0 bridgehead atoms. The summed E-state index contributed by atoms with van der Waals surface area (Å²) in [6.45, 7) is -0.565. The molecule has 1 saturated heterocycles. The first-order valence-corrected chi connectivity index (χ1v) is 13.3. The summed E-state index contributed by atoms with van der Waals surface area (Å²) in [5.74, 6) is -2.59. The standard InChI is InChI=1S/C31H28O13/c32-17-8-4-15(5-9-17)2-1-3-23(36)41-14-22-25(37)27(39)28(40)31(43-22)44-30-26(38)24-20(35)12-19(34)13-21(24)42-29(30)16-6-10-18(33)11-7-16/h1,3-13,22,25,27-28,31-35,37,39-40H,2,14H2/t22-,25-,27+,28-,31+/m1/s1. The molecule has 44 heavy (non-hydrogen) atoms. The van der Waals surface area contributed by atoms with Gasteiger partial charge in [0.2, 0.25) is 17.5 Å². The maximum Gasteiger partial charge on any atom is 0.330 e. The maximum atomic E-state index is 13.5. The van der Waals surface area contributed by atoms with Crippen molar-refractivity contribution in [3.05, 3.63) is 88.6 Å². The summed E-state index contributed by atoms with van der Waals surface area (Å²) in [7, 11) is 0. The average molecular weight is 609 g/mol. The minimum absolute atomic E-state index is 0.0922. The van der Waals surface area contributed by atoms with Crippen molar-refractivity contribution >= 4 is 16.9 Å². The third kappa shape index (κ3) is 6.45. The lowest BCUT2D eigenvalue weighted by molar-refractivity contribution is -0.278. The van der Waals surface area contributed by atoms with E-state index >= 15 is 0 Å². The lowest BCUT2D eigenvalue weighted by Crippen LogP contribution is -2.60. The molecule has 1 aromatic heterocycles. The third-order valence-corrected chi connectivity index (χ3v) is 6.88. The van der Waals surface area contributed by atoms with Gasteiger partial charge in [-0.15, -0.1) is 0 Å². The fourth-order valence-corrected chi connectivity index (χ4v) is 4.58. The van der Waals surface area contributed by atoms with Gasteiger partial charge in [0.15, 0.2) is 5.76 Å². The smallest absolute Gasteiger partial charge is 0.330 e. The molecule has 3 aromatic carbocycles. The van der Waals surface area contributed by atoms with Gasteiger partial charge in [-0.05, 0) is 48.4 Å². The first-order valence-electron chi connectivity index (χ1n) is 13.3. The van der Waals surface area contributed by atoms with Gasteiger partial charge in [-0.25, -0.2) is 4.79 Å². The first kappa shape index (κ1) is 30.4. The van der Waals surface area contributed by atoms with E-state index in [4.69, 9.17) is 18.6 Å². The zero-order chi connectivity index (χ0) is 31.5. The largest absolute Gasteiger partial charge is 0.508 e. The van der Waals surface area contributed by atoms with Crippen molar-refractivity contribution < 1.29 is 59.2 Å². The Morgan fingerprint density at radius 1 is 0.841 bits per heavy atom. The number of carbonyl (C=O) groups is 1. The lowest BCUT2D eigenvalue weighted by Gasteiger charge is -2.39. The normalized spacial score (nSPS) is 21.8. The van der Waals surface area contributed by atoms with E-state index in [1.54, 1.807) is 12.1 Å². The zero-order valence-electron chi connectivity index (χ0n) is 22.8. The molecule has 5 rings (SSSR count). The number of benzene rings is 3. The zero-order valence-corrected chi connectivity index (χ0v) is 22.8. The molecule has 13 nitrogen and oxygen atoms in total. The Bertz CT molecular complexity index is 1730. The number of hydrogen-bond donors (Lipinski definition) is 7. The van der Waals surface area contributed by atoms with E-state index in [-0.39, 0.29) is 39.5 Å². The van der Waals surface area contributed by atoms with Crippen LogP contribution in [0.15, 0.2) is 82.0 Å². The third-order valence-electron chi connectivity index (χ3n) is 6.88. The molecule has 5 atom stereocenters. The summed E-state index contributed by atoms with van der Waals surface area (Å²) in [5.41, 5.74) is -0.0863. The van der Waals surface area contributed by atoms with Crippen LogP contribution in [-0.2, 0) is 20.7 Å². The first-order chi connectivity index (χ1) is 21.0. The van der Waals surface area contributed by atoms with E-state index < -0.39 is 60.2 Å². The quantitative estimate of drug-likeness (QED) is 0.112. The van der Waals surface area contributed by atoms with Gasteiger partial charge in [0.05, 0.1) is 0 Å². The van der Waals surface area contributed by atoms with E-state index in [1.807, 2.05) is 0 Å². The molecule has 1 aliphatic rings. The Balaban J connectivity index is 1.37. The fraction of sp³-hybridized carbons (Fsp3) is 0.226. The monoisotopic (exact) mass is 608 g/mol. The van der Waals surface area contributed by atoms with Gasteiger partial charge in [-0.1, -0.05) is 18.2 Å². The Morgan fingerprint density at radius 2 is 1.50 bits per heavy atom. The predicted octanol–water partition coefficient (Wildman–Crippen LogP) is 1.81. The van der Waals surface area contributed by atoms with Crippen LogP contribution in [-0.4, -0.2) is 79.0 Å². The van der Waals surface area contributed by atoms with Gasteiger partial charge in [-0.2, -0.15) is 0 Å². The SMILES string of the molecule is O=C(C=CCc1ccc(O)cc1)OC[C@H]1O[C@@H](Oc2c(-c3ccc(O)cc3)oc3cc(O)cc(O)c3c2=O)[C@H](O)[C@@H](O)[C@@H]1O. The van der Waals surface area contributed by atoms with Gasteiger partial charge in [0.25, 0.3) is 0 Å². The highest BCUT2D eigenvalue weighted by Crippen LogP contribution is 2.37. The summed E-state index contributed by atoms with van der Waals surface area (Å²) in [6.07, 6.45) is -5.61. The van der Waals surface area contributed by atoms with Crippen molar-refractivity contribution in [2.24, 2.45) is 0 Å². The number of ether oxygens (including phenoxy) is 3. The molecule has 4 aromatic rings. The van der Waals surface area contributed by atoms with E-state index in [1.165, 1.54) is 42.5 Å². The van der Waals surface area contributed by atoms with E-state index in [9.17, 15) is 45.3 Å². The van der Waals surface area contributed by atoms with Crippen LogP contribution in [0.25, 0.3) is 22.3 Å². The molecule has 1 fully saturated rings. The Labute approximate surface area is 248 Å². The second kappa shape index (κ2) is 12.7. The highest BCUT2D eigenvalue weighted by molar-refractivity contribution is 5.88. The summed E-state index contributed by atoms with van der Waals surface area (Å²) >= 11 is 0. The Hall–Kier alpha value is -5.08. The molecule has 0 amide bonds. The Morgan fingerprint density at radius 3 is 2.18 bits per heavy atom. The number of rotatable bonds is 8. The number of aliphatic hydroxyl groups excluding tert-OH is 3. The number of phenolic OH excluding ortho intramolecular Hbond substituents is 4. The van der Waals surface area contributed by atoms with Gasteiger partial charge < -0.3 is 54.4 Å². The molecule has 0 radical (unpaired) electrons. The lowest BCUT2D eigenvalue weighted by atomic mass is 9.99. The van der Waals surface area contributed by atoms with Crippen LogP contribution in [0.4, 0.5) is 0 Å². The van der Waals surface area contributed by atoms with Gasteiger partial charge >= 0.3 is 5.97 Å². The van der Waals surface area contributed by atoms with E-state index in [2.05, 4.69) is 0 Å². The van der Waals surface area contributed by atoms with Crippen LogP contribution in [0.1, 0.15) is 5.56 Å². The van der Waals surface area contributed by atoms with Crippen molar-refractivity contribution in [2.45, 2.75) is 37.1 Å². The molecular weight excluding hydrogens is 580 g/mol. The van der Waals surface area contributed by atoms with Crippen LogP contribution in [0.5, 0.6) is 28.7 Å². The summed E-state index contributed by atoms with van der Waals surface area (Å²) in [6, 6.07) is 13.8. The van der Waals surface area contributed by atoms with Crippen molar-refractivity contribution in [3.63, 3.8) is 0 Å². The number of aliphatic hydroxyl groups is 3. The van der Waals surface area contributed by atoms with Gasteiger partial charge in [-0.3, -0.25) is 4.79 Å². The van der Waals surface area contributed by atoms with Crippen LogP contribution < -0.4 is 10.2 Å². The van der Waals surface area contributed by atoms with Crippen LogP contribution in [0, 0.1) is 0 Å². The molecule has 0 unspecified atom stereocenters. The Kier molecular flexibility index (Phi) is 8.73. The average Bonchev–Trinajstić information content (AvgIpc) is 2.99. The number of aromatic hydroxyl groups is 4. The molecule has 1 aliphatic heterocycles. The van der Waals surface area contributed by atoms with Crippen LogP contribution in [0.2, 0.25) is 0 Å². The van der Waals surface area contributed by atoms with Crippen molar-refractivity contribution in [2.75, 3.05) is 6.61 Å².